The quantitative estimate of drug-likeness (QED) is 0.756. The van der Waals surface area contributed by atoms with Gasteiger partial charge in [0.1, 0.15) is 0 Å². The molecule has 1 atom stereocenters. The predicted octanol–water partition coefficient (Wildman–Crippen LogP) is 0.552. The van der Waals surface area contributed by atoms with Crippen LogP contribution >= 0.6 is 0 Å². The first-order valence-corrected chi connectivity index (χ1v) is 7.17. The normalized spacial score (nSPS) is 32.3. The van der Waals surface area contributed by atoms with Crippen LogP contribution in [0.1, 0.15) is 33.1 Å². The Morgan fingerprint density at radius 2 is 2.13 bits per heavy atom. The summed E-state index contributed by atoms with van der Waals surface area (Å²) in [5.74, 6) is 0. The van der Waals surface area contributed by atoms with Crippen LogP contribution in [0.15, 0.2) is 0 Å². The Bertz CT molecular complexity index is 331. The zero-order valence-corrected chi connectivity index (χ0v) is 10.3. The first-order chi connectivity index (χ1) is 6.94. The van der Waals surface area contributed by atoms with Crippen molar-refractivity contribution in [3.63, 3.8) is 0 Å². The molecule has 2 heterocycles. The molecule has 0 saturated carbocycles. The van der Waals surface area contributed by atoms with Crippen LogP contribution in [-0.4, -0.2) is 43.1 Å². The smallest absolute Gasteiger partial charge is 0.218 e. The SMILES string of the molecule is CC1(C)CCCN1S(=O)(=O)C1CCNC1. The minimum absolute atomic E-state index is 0.179. The molecule has 15 heavy (non-hydrogen) atoms. The second kappa shape index (κ2) is 3.71. The van der Waals surface area contributed by atoms with Gasteiger partial charge in [0.15, 0.2) is 0 Å². The van der Waals surface area contributed by atoms with E-state index in [2.05, 4.69) is 5.32 Å². The van der Waals surface area contributed by atoms with Crippen LogP contribution in [0.2, 0.25) is 0 Å². The predicted molar refractivity (Wildman–Crippen MR) is 60.2 cm³/mol. The van der Waals surface area contributed by atoms with Gasteiger partial charge in [0.2, 0.25) is 10.0 Å². The summed E-state index contributed by atoms with van der Waals surface area (Å²) in [6.07, 6.45) is 2.73. The van der Waals surface area contributed by atoms with E-state index in [0.29, 0.717) is 13.1 Å². The van der Waals surface area contributed by atoms with E-state index in [4.69, 9.17) is 0 Å². The lowest BCUT2D eigenvalue weighted by Gasteiger charge is -2.32. The lowest BCUT2D eigenvalue weighted by Crippen LogP contribution is -2.47. The largest absolute Gasteiger partial charge is 0.315 e. The van der Waals surface area contributed by atoms with Gasteiger partial charge >= 0.3 is 0 Å². The Balaban J connectivity index is 2.21. The topological polar surface area (TPSA) is 49.4 Å². The molecule has 0 aromatic carbocycles. The number of hydrogen-bond donors (Lipinski definition) is 1. The Labute approximate surface area is 92.1 Å². The fourth-order valence-corrected chi connectivity index (χ4v) is 4.88. The second-order valence-corrected chi connectivity index (χ2v) is 7.29. The fourth-order valence-electron chi connectivity index (χ4n) is 2.62. The van der Waals surface area contributed by atoms with E-state index in [1.54, 1.807) is 4.31 Å². The summed E-state index contributed by atoms with van der Waals surface area (Å²) in [5.41, 5.74) is -0.179. The maximum absolute atomic E-state index is 12.3. The highest BCUT2D eigenvalue weighted by Gasteiger charge is 2.44. The summed E-state index contributed by atoms with van der Waals surface area (Å²) < 4.78 is 26.4. The zero-order chi connectivity index (χ0) is 11.1. The van der Waals surface area contributed by atoms with Gasteiger partial charge in [-0.15, -0.1) is 0 Å². The Morgan fingerprint density at radius 3 is 2.60 bits per heavy atom. The maximum atomic E-state index is 12.3. The molecule has 2 aliphatic heterocycles. The van der Waals surface area contributed by atoms with Crippen molar-refractivity contribution in [2.24, 2.45) is 0 Å². The van der Waals surface area contributed by atoms with Gasteiger partial charge in [-0.25, -0.2) is 8.42 Å². The Kier molecular flexibility index (Phi) is 2.81. The molecule has 0 bridgehead atoms. The number of rotatable bonds is 2. The average molecular weight is 232 g/mol. The van der Waals surface area contributed by atoms with Crippen molar-refractivity contribution in [3.8, 4) is 0 Å². The monoisotopic (exact) mass is 232 g/mol. The van der Waals surface area contributed by atoms with Crippen LogP contribution in [-0.2, 0) is 10.0 Å². The van der Waals surface area contributed by atoms with Gasteiger partial charge in [0.05, 0.1) is 5.25 Å². The summed E-state index contributed by atoms with van der Waals surface area (Å²) in [4.78, 5) is 0. The molecule has 0 aromatic heterocycles. The second-order valence-electron chi connectivity index (χ2n) is 5.15. The van der Waals surface area contributed by atoms with Crippen molar-refractivity contribution in [2.45, 2.75) is 43.9 Å². The number of hydrogen-bond acceptors (Lipinski definition) is 3. The molecular weight excluding hydrogens is 212 g/mol. The highest BCUT2D eigenvalue weighted by Crippen LogP contribution is 2.33. The van der Waals surface area contributed by atoms with E-state index >= 15 is 0 Å². The van der Waals surface area contributed by atoms with Crippen molar-refractivity contribution in [1.29, 1.82) is 0 Å². The Hall–Kier alpha value is -0.130. The molecule has 2 fully saturated rings. The maximum Gasteiger partial charge on any atom is 0.218 e. The number of nitrogens with one attached hydrogen (secondary N) is 1. The van der Waals surface area contributed by atoms with Crippen molar-refractivity contribution >= 4 is 10.0 Å². The first-order valence-electron chi connectivity index (χ1n) is 5.67. The van der Waals surface area contributed by atoms with Crippen LogP contribution in [0.3, 0.4) is 0 Å². The standard InChI is InChI=1S/C10H20N2O2S/c1-10(2)5-3-7-12(10)15(13,14)9-4-6-11-8-9/h9,11H,3-8H2,1-2H3. The zero-order valence-electron chi connectivity index (χ0n) is 9.49. The number of nitrogens with zero attached hydrogens (tertiary/aromatic N) is 1. The molecular formula is C10H20N2O2S. The summed E-state index contributed by atoms with van der Waals surface area (Å²) in [6, 6.07) is 0. The molecule has 4 nitrogen and oxygen atoms in total. The average Bonchev–Trinajstić information content (AvgIpc) is 2.71. The molecule has 0 aliphatic carbocycles. The summed E-state index contributed by atoms with van der Waals surface area (Å²) in [5, 5.41) is 2.92. The molecule has 0 amide bonds. The molecule has 1 unspecified atom stereocenters. The van der Waals surface area contributed by atoms with Gasteiger partial charge in [0.25, 0.3) is 0 Å². The van der Waals surface area contributed by atoms with Gasteiger partial charge < -0.3 is 5.32 Å². The van der Waals surface area contributed by atoms with E-state index in [-0.39, 0.29) is 10.8 Å². The van der Waals surface area contributed by atoms with Crippen LogP contribution in [0.25, 0.3) is 0 Å². The minimum Gasteiger partial charge on any atom is -0.315 e. The molecule has 2 saturated heterocycles. The van der Waals surface area contributed by atoms with Crippen LogP contribution in [0.5, 0.6) is 0 Å². The third kappa shape index (κ3) is 1.92. The highest BCUT2D eigenvalue weighted by atomic mass is 32.2. The Morgan fingerprint density at radius 1 is 1.40 bits per heavy atom. The van der Waals surface area contributed by atoms with Crippen molar-refractivity contribution < 1.29 is 8.42 Å². The van der Waals surface area contributed by atoms with Gasteiger partial charge in [0, 0.05) is 18.6 Å². The third-order valence-corrected chi connectivity index (χ3v) is 6.10. The molecule has 0 spiro atoms. The summed E-state index contributed by atoms with van der Waals surface area (Å²) in [7, 11) is -3.08. The molecule has 2 rings (SSSR count). The van der Waals surface area contributed by atoms with Gasteiger partial charge in [-0.05, 0) is 39.7 Å². The van der Waals surface area contributed by atoms with Crippen LogP contribution in [0, 0.1) is 0 Å². The van der Waals surface area contributed by atoms with E-state index in [1.165, 1.54) is 0 Å². The van der Waals surface area contributed by atoms with Gasteiger partial charge in [-0.3, -0.25) is 0 Å². The van der Waals surface area contributed by atoms with Crippen molar-refractivity contribution in [3.05, 3.63) is 0 Å². The highest BCUT2D eigenvalue weighted by molar-refractivity contribution is 7.89. The lowest BCUT2D eigenvalue weighted by molar-refractivity contribution is 0.289. The fraction of sp³-hybridized carbons (Fsp3) is 1.00. The summed E-state index contributed by atoms with van der Waals surface area (Å²) in [6.45, 7) is 6.21. The van der Waals surface area contributed by atoms with Gasteiger partial charge in [-0.2, -0.15) is 4.31 Å². The molecule has 1 N–H and O–H groups in total. The lowest BCUT2D eigenvalue weighted by atomic mass is 10.0. The minimum atomic E-state index is -3.08. The van der Waals surface area contributed by atoms with Crippen LogP contribution < -0.4 is 5.32 Å². The molecule has 5 heteroatoms. The third-order valence-electron chi connectivity index (χ3n) is 3.57. The van der Waals surface area contributed by atoms with Crippen molar-refractivity contribution in [1.82, 2.24) is 9.62 Å². The van der Waals surface area contributed by atoms with E-state index in [9.17, 15) is 8.42 Å². The summed E-state index contributed by atoms with van der Waals surface area (Å²) >= 11 is 0. The van der Waals surface area contributed by atoms with Crippen LogP contribution in [0.4, 0.5) is 0 Å². The van der Waals surface area contributed by atoms with E-state index in [1.807, 2.05) is 13.8 Å². The molecule has 88 valence electrons. The van der Waals surface area contributed by atoms with E-state index in [0.717, 1.165) is 25.8 Å². The van der Waals surface area contributed by atoms with Gasteiger partial charge in [-0.1, -0.05) is 0 Å². The van der Waals surface area contributed by atoms with E-state index < -0.39 is 10.0 Å². The molecule has 0 aromatic rings. The number of sulfonamides is 1. The molecule has 2 aliphatic rings. The van der Waals surface area contributed by atoms with Crippen molar-refractivity contribution in [2.75, 3.05) is 19.6 Å². The first kappa shape index (κ1) is 11.4. The molecule has 0 radical (unpaired) electrons.